The molecule has 0 fully saturated rings. The highest BCUT2D eigenvalue weighted by atomic mass is 19.1. The van der Waals surface area contributed by atoms with Gasteiger partial charge in [0.1, 0.15) is 11.6 Å². The number of carbonyl (C=O) groups excluding carboxylic acids is 1. The maximum atomic E-state index is 13.2. The molecule has 0 heterocycles. The molecule has 20 heavy (non-hydrogen) atoms. The van der Waals surface area contributed by atoms with Crippen LogP contribution in [0.4, 0.5) is 4.39 Å². The van der Waals surface area contributed by atoms with Crippen molar-refractivity contribution in [2.45, 2.75) is 13.0 Å². The highest BCUT2D eigenvalue weighted by Crippen LogP contribution is 2.28. The second kappa shape index (κ2) is 5.74. The van der Waals surface area contributed by atoms with Crippen LogP contribution in [-0.4, -0.2) is 23.0 Å². The van der Waals surface area contributed by atoms with E-state index in [4.69, 9.17) is 0 Å². The van der Waals surface area contributed by atoms with Crippen molar-refractivity contribution in [3.8, 4) is 5.75 Å². The lowest BCUT2D eigenvalue weighted by Crippen LogP contribution is -2.29. The van der Waals surface area contributed by atoms with Gasteiger partial charge in [-0.1, -0.05) is 24.3 Å². The van der Waals surface area contributed by atoms with Gasteiger partial charge in [-0.15, -0.1) is 0 Å². The number of carbonyl (C=O) groups is 1. The van der Waals surface area contributed by atoms with Crippen molar-refractivity contribution in [3.05, 3.63) is 65.5 Å². The van der Waals surface area contributed by atoms with Gasteiger partial charge < -0.3 is 10.0 Å². The molecule has 2 rings (SSSR count). The first kappa shape index (κ1) is 14.1. The van der Waals surface area contributed by atoms with E-state index in [1.54, 1.807) is 37.4 Å². The van der Waals surface area contributed by atoms with E-state index in [1.165, 1.54) is 23.1 Å². The van der Waals surface area contributed by atoms with Gasteiger partial charge in [-0.05, 0) is 31.2 Å². The first-order chi connectivity index (χ1) is 9.50. The molecule has 0 aromatic heterocycles. The first-order valence-corrected chi connectivity index (χ1v) is 6.31. The van der Waals surface area contributed by atoms with Gasteiger partial charge in [-0.2, -0.15) is 0 Å². The number of para-hydroxylation sites is 1. The predicted molar refractivity (Wildman–Crippen MR) is 75.0 cm³/mol. The first-order valence-electron chi connectivity index (χ1n) is 6.31. The molecular formula is C16H16FNO2. The van der Waals surface area contributed by atoms with E-state index in [9.17, 15) is 14.3 Å². The predicted octanol–water partition coefficient (Wildman–Crippen LogP) is 3.36. The summed E-state index contributed by atoms with van der Waals surface area (Å²) in [5.74, 6) is -0.599. The summed E-state index contributed by atoms with van der Waals surface area (Å²) >= 11 is 0. The molecule has 1 atom stereocenters. The molecule has 2 aromatic rings. The lowest BCUT2D eigenvalue weighted by molar-refractivity contribution is 0.0741. The van der Waals surface area contributed by atoms with Crippen LogP contribution in [0.2, 0.25) is 0 Å². The standard InChI is InChI=1S/C16H16FNO2/c1-11(14-8-3-4-9-15(14)19)18(2)16(20)12-6-5-7-13(17)10-12/h3-11,19H,1-2H3. The topological polar surface area (TPSA) is 40.5 Å². The van der Waals surface area contributed by atoms with E-state index in [-0.39, 0.29) is 23.3 Å². The third kappa shape index (κ3) is 2.79. The quantitative estimate of drug-likeness (QED) is 0.931. The van der Waals surface area contributed by atoms with Gasteiger partial charge in [-0.3, -0.25) is 4.79 Å². The van der Waals surface area contributed by atoms with Crippen LogP contribution >= 0.6 is 0 Å². The number of rotatable bonds is 3. The highest BCUT2D eigenvalue weighted by Gasteiger charge is 2.21. The summed E-state index contributed by atoms with van der Waals surface area (Å²) in [4.78, 5) is 13.8. The number of aromatic hydroxyl groups is 1. The van der Waals surface area contributed by atoms with Crippen LogP contribution in [0.3, 0.4) is 0 Å². The van der Waals surface area contributed by atoms with Gasteiger partial charge in [0.25, 0.3) is 5.91 Å². The van der Waals surface area contributed by atoms with Crippen molar-refractivity contribution in [3.63, 3.8) is 0 Å². The number of phenols is 1. The summed E-state index contributed by atoms with van der Waals surface area (Å²) in [6.45, 7) is 1.81. The lowest BCUT2D eigenvalue weighted by atomic mass is 10.1. The molecule has 2 aromatic carbocycles. The van der Waals surface area contributed by atoms with Crippen LogP contribution < -0.4 is 0 Å². The average molecular weight is 273 g/mol. The largest absolute Gasteiger partial charge is 0.508 e. The number of amides is 1. The maximum Gasteiger partial charge on any atom is 0.254 e. The van der Waals surface area contributed by atoms with E-state index in [2.05, 4.69) is 0 Å². The van der Waals surface area contributed by atoms with Crippen molar-refractivity contribution in [1.29, 1.82) is 0 Å². The Morgan fingerprint density at radius 2 is 1.90 bits per heavy atom. The van der Waals surface area contributed by atoms with Crippen LogP contribution in [0.25, 0.3) is 0 Å². The zero-order chi connectivity index (χ0) is 14.7. The van der Waals surface area contributed by atoms with E-state index in [0.717, 1.165) is 0 Å². The van der Waals surface area contributed by atoms with Crippen LogP contribution in [0.15, 0.2) is 48.5 Å². The van der Waals surface area contributed by atoms with E-state index >= 15 is 0 Å². The van der Waals surface area contributed by atoms with E-state index in [0.29, 0.717) is 5.56 Å². The number of hydrogen-bond acceptors (Lipinski definition) is 2. The van der Waals surface area contributed by atoms with Crippen LogP contribution in [0, 0.1) is 5.82 Å². The third-order valence-corrected chi connectivity index (χ3v) is 3.36. The molecule has 0 aliphatic carbocycles. The Kier molecular flexibility index (Phi) is 4.03. The van der Waals surface area contributed by atoms with Crippen molar-refractivity contribution >= 4 is 5.91 Å². The van der Waals surface area contributed by atoms with Crippen molar-refractivity contribution in [2.75, 3.05) is 7.05 Å². The van der Waals surface area contributed by atoms with Crippen LogP contribution in [0.5, 0.6) is 5.75 Å². The summed E-state index contributed by atoms with van der Waals surface area (Å²) in [5, 5.41) is 9.83. The zero-order valence-corrected chi connectivity index (χ0v) is 11.4. The Hall–Kier alpha value is -2.36. The normalized spacial score (nSPS) is 11.9. The van der Waals surface area contributed by atoms with Crippen molar-refractivity contribution < 1.29 is 14.3 Å². The fourth-order valence-corrected chi connectivity index (χ4v) is 2.05. The van der Waals surface area contributed by atoms with Crippen molar-refractivity contribution in [1.82, 2.24) is 4.90 Å². The van der Waals surface area contributed by atoms with Gasteiger partial charge in [-0.25, -0.2) is 4.39 Å². The molecule has 0 aliphatic rings. The minimum Gasteiger partial charge on any atom is -0.508 e. The maximum absolute atomic E-state index is 13.2. The molecule has 0 spiro atoms. The fourth-order valence-electron chi connectivity index (χ4n) is 2.05. The number of nitrogens with zero attached hydrogens (tertiary/aromatic N) is 1. The Labute approximate surface area is 117 Å². The summed E-state index contributed by atoms with van der Waals surface area (Å²) in [5.41, 5.74) is 0.939. The summed E-state index contributed by atoms with van der Waals surface area (Å²) in [6, 6.07) is 12.1. The molecule has 1 N–H and O–H groups in total. The number of benzene rings is 2. The molecule has 0 aliphatic heterocycles. The summed E-state index contributed by atoms with van der Waals surface area (Å²) in [7, 11) is 1.63. The monoisotopic (exact) mass is 273 g/mol. The second-order valence-corrected chi connectivity index (χ2v) is 4.66. The number of hydrogen-bond donors (Lipinski definition) is 1. The summed E-state index contributed by atoms with van der Waals surface area (Å²) in [6.07, 6.45) is 0. The molecule has 0 saturated carbocycles. The van der Waals surface area contributed by atoms with Crippen LogP contribution in [0.1, 0.15) is 28.9 Å². The molecule has 3 nitrogen and oxygen atoms in total. The minimum absolute atomic E-state index is 0.138. The lowest BCUT2D eigenvalue weighted by Gasteiger charge is -2.26. The SMILES string of the molecule is CC(c1ccccc1O)N(C)C(=O)c1cccc(F)c1. The van der Waals surface area contributed by atoms with Gasteiger partial charge in [0.05, 0.1) is 6.04 Å². The molecule has 1 amide bonds. The Morgan fingerprint density at radius 3 is 2.55 bits per heavy atom. The smallest absolute Gasteiger partial charge is 0.254 e. The molecular weight excluding hydrogens is 257 g/mol. The molecule has 0 radical (unpaired) electrons. The van der Waals surface area contributed by atoms with E-state index in [1.807, 2.05) is 6.92 Å². The number of phenolic OH excluding ortho intramolecular Hbond substituents is 1. The van der Waals surface area contributed by atoms with E-state index < -0.39 is 5.82 Å². The Morgan fingerprint density at radius 1 is 1.20 bits per heavy atom. The van der Waals surface area contributed by atoms with Gasteiger partial charge in [0.2, 0.25) is 0 Å². The average Bonchev–Trinajstić information content (AvgIpc) is 2.45. The molecule has 1 unspecified atom stereocenters. The molecule has 0 saturated heterocycles. The van der Waals surface area contributed by atoms with Crippen molar-refractivity contribution in [2.24, 2.45) is 0 Å². The molecule has 104 valence electrons. The second-order valence-electron chi connectivity index (χ2n) is 4.66. The zero-order valence-electron chi connectivity index (χ0n) is 11.4. The van der Waals surface area contributed by atoms with Gasteiger partial charge in [0.15, 0.2) is 0 Å². The third-order valence-electron chi connectivity index (χ3n) is 3.36. The van der Waals surface area contributed by atoms with Crippen LogP contribution in [-0.2, 0) is 0 Å². The van der Waals surface area contributed by atoms with Gasteiger partial charge in [0, 0.05) is 18.2 Å². The fraction of sp³-hybridized carbons (Fsp3) is 0.188. The highest BCUT2D eigenvalue weighted by molar-refractivity contribution is 5.94. The van der Waals surface area contributed by atoms with Gasteiger partial charge >= 0.3 is 0 Å². The number of halogens is 1. The minimum atomic E-state index is -0.445. The molecule has 0 bridgehead atoms. The molecule has 4 heteroatoms. The Bertz CT molecular complexity index is 627. The Balaban J connectivity index is 2.25. The summed E-state index contributed by atoms with van der Waals surface area (Å²) < 4.78 is 13.2.